The number of hydrogen-bond acceptors (Lipinski definition) is 2. The zero-order valence-electron chi connectivity index (χ0n) is 8.73. The second-order valence-electron chi connectivity index (χ2n) is 3.45. The summed E-state index contributed by atoms with van der Waals surface area (Å²) >= 11 is 5.62. The molecule has 1 heterocycles. The van der Waals surface area contributed by atoms with Gasteiger partial charge in [0.2, 0.25) is 0 Å². The predicted molar refractivity (Wildman–Crippen MR) is 62.8 cm³/mol. The standard InChI is InChI=1S/C12H12ClNO2/c13-6-7-14-9-16-8-11(12(14)15)10-4-2-1-3-5-10/h1-5,8H,6-7,9H2. The Kier molecular flexibility index (Phi) is 3.47. The van der Waals surface area contributed by atoms with Crippen LogP contribution < -0.4 is 0 Å². The SMILES string of the molecule is O=C1C(c2ccccc2)=COCN1CCCl. The van der Waals surface area contributed by atoms with Crippen LogP contribution in [0.1, 0.15) is 5.56 Å². The lowest BCUT2D eigenvalue weighted by atomic mass is 10.1. The minimum Gasteiger partial charge on any atom is -0.480 e. The first-order valence-corrected chi connectivity index (χ1v) is 5.59. The maximum absolute atomic E-state index is 12.0. The summed E-state index contributed by atoms with van der Waals surface area (Å²) in [6.45, 7) is 0.784. The van der Waals surface area contributed by atoms with Gasteiger partial charge in [-0.25, -0.2) is 0 Å². The zero-order valence-corrected chi connectivity index (χ0v) is 9.48. The summed E-state index contributed by atoms with van der Waals surface area (Å²) < 4.78 is 5.26. The highest BCUT2D eigenvalue weighted by Crippen LogP contribution is 2.20. The number of rotatable bonds is 3. The Hall–Kier alpha value is -1.48. The van der Waals surface area contributed by atoms with Crippen LogP contribution in [0.4, 0.5) is 0 Å². The molecule has 16 heavy (non-hydrogen) atoms. The topological polar surface area (TPSA) is 29.5 Å². The third-order valence-electron chi connectivity index (χ3n) is 2.39. The Morgan fingerprint density at radius 3 is 2.75 bits per heavy atom. The van der Waals surface area contributed by atoms with Crippen LogP contribution in [0.15, 0.2) is 36.6 Å². The van der Waals surface area contributed by atoms with Gasteiger partial charge in [-0.3, -0.25) is 4.79 Å². The molecule has 2 rings (SSSR count). The molecule has 0 unspecified atom stereocenters. The number of carbonyl (C=O) groups excluding carboxylic acids is 1. The smallest absolute Gasteiger partial charge is 0.260 e. The van der Waals surface area contributed by atoms with E-state index in [1.807, 2.05) is 30.3 Å². The monoisotopic (exact) mass is 237 g/mol. The van der Waals surface area contributed by atoms with Gasteiger partial charge in [0.25, 0.3) is 5.91 Å². The molecule has 0 radical (unpaired) electrons. The number of hydrogen-bond donors (Lipinski definition) is 0. The average molecular weight is 238 g/mol. The van der Waals surface area contributed by atoms with Crippen molar-refractivity contribution >= 4 is 23.1 Å². The van der Waals surface area contributed by atoms with Gasteiger partial charge in [0.05, 0.1) is 11.8 Å². The molecule has 0 N–H and O–H groups in total. The average Bonchev–Trinajstić information content (AvgIpc) is 2.33. The number of nitrogens with zero attached hydrogens (tertiary/aromatic N) is 1. The summed E-state index contributed by atoms with van der Waals surface area (Å²) in [5, 5.41) is 0. The van der Waals surface area contributed by atoms with Crippen molar-refractivity contribution in [1.29, 1.82) is 0 Å². The molecule has 0 saturated heterocycles. The normalized spacial score (nSPS) is 15.7. The van der Waals surface area contributed by atoms with Crippen LogP contribution in [-0.2, 0) is 9.53 Å². The van der Waals surface area contributed by atoms with E-state index in [1.54, 1.807) is 4.90 Å². The van der Waals surface area contributed by atoms with E-state index in [0.29, 0.717) is 18.0 Å². The van der Waals surface area contributed by atoms with E-state index in [0.717, 1.165) is 5.56 Å². The van der Waals surface area contributed by atoms with Gasteiger partial charge in [0.1, 0.15) is 0 Å². The van der Waals surface area contributed by atoms with E-state index >= 15 is 0 Å². The minimum atomic E-state index is -0.0295. The summed E-state index contributed by atoms with van der Waals surface area (Å²) in [6, 6.07) is 9.47. The molecule has 0 aliphatic carbocycles. The third-order valence-corrected chi connectivity index (χ3v) is 2.56. The molecule has 1 aliphatic heterocycles. The largest absolute Gasteiger partial charge is 0.480 e. The van der Waals surface area contributed by atoms with Crippen molar-refractivity contribution in [3.8, 4) is 0 Å². The molecule has 0 spiro atoms. The lowest BCUT2D eigenvalue weighted by molar-refractivity contribution is -0.130. The van der Waals surface area contributed by atoms with Crippen LogP contribution in [-0.4, -0.2) is 30.0 Å². The molecule has 0 bridgehead atoms. The number of ether oxygens (including phenoxy) is 1. The molecule has 1 aromatic rings. The first-order chi connectivity index (χ1) is 7.83. The van der Waals surface area contributed by atoms with Gasteiger partial charge < -0.3 is 9.64 Å². The van der Waals surface area contributed by atoms with Crippen molar-refractivity contribution in [3.63, 3.8) is 0 Å². The molecule has 0 atom stereocenters. The fourth-order valence-corrected chi connectivity index (χ4v) is 1.77. The second kappa shape index (κ2) is 5.03. The lowest BCUT2D eigenvalue weighted by Crippen LogP contribution is -2.37. The van der Waals surface area contributed by atoms with Gasteiger partial charge in [0, 0.05) is 12.4 Å². The molecular weight excluding hydrogens is 226 g/mol. The maximum Gasteiger partial charge on any atom is 0.260 e. The lowest BCUT2D eigenvalue weighted by Gasteiger charge is -2.26. The highest BCUT2D eigenvalue weighted by molar-refractivity contribution is 6.20. The van der Waals surface area contributed by atoms with Gasteiger partial charge in [-0.1, -0.05) is 30.3 Å². The quantitative estimate of drug-likeness (QED) is 0.754. The van der Waals surface area contributed by atoms with Gasteiger partial charge in [-0.2, -0.15) is 0 Å². The predicted octanol–water partition coefficient (Wildman–Crippen LogP) is 2.08. The van der Waals surface area contributed by atoms with Crippen LogP contribution in [0, 0.1) is 0 Å². The van der Waals surface area contributed by atoms with Crippen LogP contribution >= 0.6 is 11.6 Å². The zero-order chi connectivity index (χ0) is 11.4. The van der Waals surface area contributed by atoms with E-state index in [1.165, 1.54) is 6.26 Å². The van der Waals surface area contributed by atoms with Crippen molar-refractivity contribution in [1.82, 2.24) is 4.90 Å². The Bertz CT molecular complexity index is 403. The van der Waals surface area contributed by atoms with E-state index in [9.17, 15) is 4.79 Å². The van der Waals surface area contributed by atoms with Gasteiger partial charge in [0.15, 0.2) is 6.73 Å². The van der Waals surface area contributed by atoms with Gasteiger partial charge >= 0.3 is 0 Å². The molecule has 0 saturated carbocycles. The van der Waals surface area contributed by atoms with E-state index < -0.39 is 0 Å². The first kappa shape index (κ1) is 11.0. The van der Waals surface area contributed by atoms with E-state index in [2.05, 4.69) is 0 Å². The highest BCUT2D eigenvalue weighted by Gasteiger charge is 2.23. The van der Waals surface area contributed by atoms with Crippen LogP contribution in [0.2, 0.25) is 0 Å². The summed E-state index contributed by atoms with van der Waals surface area (Å²) in [5.41, 5.74) is 1.45. The highest BCUT2D eigenvalue weighted by atomic mass is 35.5. The number of carbonyl (C=O) groups is 1. The van der Waals surface area contributed by atoms with Crippen molar-refractivity contribution in [2.75, 3.05) is 19.2 Å². The van der Waals surface area contributed by atoms with Crippen LogP contribution in [0.25, 0.3) is 5.57 Å². The Balaban J connectivity index is 2.22. The number of halogens is 1. The fraction of sp³-hybridized carbons (Fsp3) is 0.250. The number of amides is 1. The fourth-order valence-electron chi connectivity index (χ4n) is 1.57. The van der Waals surface area contributed by atoms with Gasteiger partial charge in [-0.05, 0) is 5.56 Å². The summed E-state index contributed by atoms with van der Waals surface area (Å²) in [7, 11) is 0. The third kappa shape index (κ3) is 2.19. The van der Waals surface area contributed by atoms with Crippen molar-refractivity contribution in [2.24, 2.45) is 0 Å². The molecule has 0 aromatic heterocycles. The summed E-state index contributed by atoms with van der Waals surface area (Å²) in [6.07, 6.45) is 1.52. The molecule has 1 amide bonds. The molecule has 3 nitrogen and oxygen atoms in total. The maximum atomic E-state index is 12.0. The van der Waals surface area contributed by atoms with Crippen molar-refractivity contribution in [3.05, 3.63) is 42.2 Å². The minimum absolute atomic E-state index is 0.0295. The number of benzene rings is 1. The summed E-state index contributed by atoms with van der Waals surface area (Å²) in [5.74, 6) is 0.384. The van der Waals surface area contributed by atoms with Gasteiger partial charge in [-0.15, -0.1) is 11.6 Å². The molecule has 0 fully saturated rings. The van der Waals surface area contributed by atoms with E-state index in [4.69, 9.17) is 16.3 Å². The number of alkyl halides is 1. The first-order valence-electron chi connectivity index (χ1n) is 5.05. The van der Waals surface area contributed by atoms with Crippen molar-refractivity contribution < 1.29 is 9.53 Å². The Labute approximate surface area is 99.3 Å². The molecule has 1 aromatic carbocycles. The molecular formula is C12H12ClNO2. The Morgan fingerprint density at radius 2 is 2.06 bits per heavy atom. The second-order valence-corrected chi connectivity index (χ2v) is 3.83. The summed E-state index contributed by atoms with van der Waals surface area (Å²) in [4.78, 5) is 13.6. The van der Waals surface area contributed by atoms with Crippen LogP contribution in [0.5, 0.6) is 0 Å². The molecule has 4 heteroatoms. The molecule has 84 valence electrons. The van der Waals surface area contributed by atoms with Crippen molar-refractivity contribution in [2.45, 2.75) is 0 Å². The molecule has 1 aliphatic rings. The van der Waals surface area contributed by atoms with Crippen LogP contribution in [0.3, 0.4) is 0 Å². The van der Waals surface area contributed by atoms with E-state index in [-0.39, 0.29) is 12.6 Å². The Morgan fingerprint density at radius 1 is 1.31 bits per heavy atom.